The molecule has 1 aromatic carbocycles. The van der Waals surface area contributed by atoms with Crippen LogP contribution in [0.15, 0.2) is 23.2 Å². The maximum Gasteiger partial charge on any atom is 0.193 e. The van der Waals surface area contributed by atoms with Crippen molar-refractivity contribution in [1.82, 2.24) is 4.90 Å². The van der Waals surface area contributed by atoms with Crippen LogP contribution in [0.2, 0.25) is 0 Å². The molecule has 148 valence electrons. The van der Waals surface area contributed by atoms with Crippen LogP contribution in [0.3, 0.4) is 0 Å². The van der Waals surface area contributed by atoms with E-state index in [1.54, 1.807) is 0 Å². The van der Waals surface area contributed by atoms with Crippen molar-refractivity contribution in [2.75, 3.05) is 38.2 Å². The first kappa shape index (κ1) is 23.2. The van der Waals surface area contributed by atoms with Gasteiger partial charge >= 0.3 is 0 Å². The fourth-order valence-electron chi connectivity index (χ4n) is 3.50. The molecule has 0 aromatic heterocycles. The Bertz CT molecular complexity index is 569. The van der Waals surface area contributed by atoms with Crippen LogP contribution in [0, 0.1) is 19.8 Å². The Morgan fingerprint density at radius 2 is 1.85 bits per heavy atom. The smallest absolute Gasteiger partial charge is 0.193 e. The van der Waals surface area contributed by atoms with Gasteiger partial charge in [0.05, 0.1) is 19.8 Å². The summed E-state index contributed by atoms with van der Waals surface area (Å²) in [7, 11) is 0. The molecule has 1 saturated heterocycles. The molecule has 0 saturated carbocycles. The van der Waals surface area contributed by atoms with Gasteiger partial charge in [-0.05, 0) is 43.0 Å². The van der Waals surface area contributed by atoms with Crippen molar-refractivity contribution in [2.24, 2.45) is 16.6 Å². The van der Waals surface area contributed by atoms with Crippen molar-refractivity contribution in [3.63, 3.8) is 0 Å². The Morgan fingerprint density at radius 3 is 2.42 bits per heavy atom. The highest BCUT2D eigenvalue weighted by atomic mass is 127. The van der Waals surface area contributed by atoms with Gasteiger partial charge in [-0.2, -0.15) is 0 Å². The molecule has 6 heteroatoms. The molecule has 2 rings (SSSR count). The fraction of sp³-hybridized carbons (Fsp3) is 0.650. The van der Waals surface area contributed by atoms with Gasteiger partial charge in [-0.25, -0.2) is 0 Å². The van der Waals surface area contributed by atoms with E-state index in [0.717, 1.165) is 38.5 Å². The fourth-order valence-corrected chi connectivity index (χ4v) is 3.50. The normalized spacial score (nSPS) is 17.0. The molecule has 1 aliphatic rings. The molecule has 0 amide bonds. The van der Waals surface area contributed by atoms with Crippen LogP contribution >= 0.6 is 24.0 Å². The quantitative estimate of drug-likeness (QED) is 0.359. The van der Waals surface area contributed by atoms with Crippen LogP contribution in [0.4, 0.5) is 5.69 Å². The van der Waals surface area contributed by atoms with Crippen LogP contribution in [0.1, 0.15) is 37.8 Å². The Balaban J connectivity index is 0.00000338. The molecular formula is C20H35IN4O. The van der Waals surface area contributed by atoms with Gasteiger partial charge in [-0.3, -0.25) is 9.89 Å². The van der Waals surface area contributed by atoms with Crippen LogP contribution < -0.4 is 11.1 Å². The van der Waals surface area contributed by atoms with Gasteiger partial charge in [0.2, 0.25) is 0 Å². The number of rotatable bonds is 7. The van der Waals surface area contributed by atoms with Gasteiger partial charge < -0.3 is 15.8 Å². The molecular weight excluding hydrogens is 439 g/mol. The van der Waals surface area contributed by atoms with Crippen LogP contribution in [0.5, 0.6) is 0 Å². The number of hydrogen-bond donors (Lipinski definition) is 2. The second-order valence-corrected chi connectivity index (χ2v) is 6.94. The number of guanidine groups is 1. The second-order valence-electron chi connectivity index (χ2n) is 6.94. The van der Waals surface area contributed by atoms with Crippen molar-refractivity contribution >= 4 is 35.6 Å². The van der Waals surface area contributed by atoms with E-state index in [-0.39, 0.29) is 24.0 Å². The van der Waals surface area contributed by atoms with Crippen molar-refractivity contribution in [1.29, 1.82) is 0 Å². The van der Waals surface area contributed by atoms with Gasteiger partial charge in [0, 0.05) is 24.8 Å². The highest BCUT2D eigenvalue weighted by Crippen LogP contribution is 2.20. The predicted octanol–water partition coefficient (Wildman–Crippen LogP) is 3.79. The van der Waals surface area contributed by atoms with E-state index in [9.17, 15) is 0 Å². The third kappa shape index (κ3) is 6.70. The zero-order valence-corrected chi connectivity index (χ0v) is 19.0. The summed E-state index contributed by atoms with van der Waals surface area (Å²) in [5.74, 6) is 1.13. The number of ether oxygens (including phenoxy) is 1. The Labute approximate surface area is 175 Å². The van der Waals surface area contributed by atoms with E-state index in [1.165, 1.54) is 24.0 Å². The lowest BCUT2D eigenvalue weighted by molar-refractivity contribution is 0.00398. The van der Waals surface area contributed by atoms with E-state index in [0.29, 0.717) is 17.9 Å². The monoisotopic (exact) mass is 474 g/mol. The van der Waals surface area contributed by atoms with Crippen molar-refractivity contribution in [3.05, 3.63) is 29.3 Å². The maximum atomic E-state index is 6.15. The summed E-state index contributed by atoms with van der Waals surface area (Å²) >= 11 is 0. The lowest BCUT2D eigenvalue weighted by atomic mass is 9.92. The van der Waals surface area contributed by atoms with Crippen LogP contribution in [-0.2, 0) is 4.74 Å². The predicted molar refractivity (Wildman–Crippen MR) is 122 cm³/mol. The second kappa shape index (κ2) is 11.8. The standard InChI is InChI=1S/C20H34N4O.HI/c1-5-17(6-2)19(24-9-11-25-12-10-24)14-22-20(21)23-18-8-7-15(3)16(4)13-18;/h7-8,13,17,19H,5-6,9-12,14H2,1-4H3,(H3,21,22,23);1H. The number of nitrogens with one attached hydrogen (secondary N) is 1. The first-order chi connectivity index (χ1) is 12.0. The summed E-state index contributed by atoms with van der Waals surface area (Å²) in [6.45, 7) is 13.1. The Morgan fingerprint density at radius 1 is 1.19 bits per heavy atom. The van der Waals surface area contributed by atoms with E-state index >= 15 is 0 Å². The Hall–Kier alpha value is -0.860. The molecule has 1 fully saturated rings. The molecule has 1 aromatic rings. The summed E-state index contributed by atoms with van der Waals surface area (Å²) in [6, 6.07) is 6.69. The zero-order valence-electron chi connectivity index (χ0n) is 16.6. The maximum absolute atomic E-state index is 6.15. The van der Waals surface area contributed by atoms with Crippen LogP contribution in [0.25, 0.3) is 0 Å². The van der Waals surface area contributed by atoms with Crippen molar-refractivity contribution < 1.29 is 4.74 Å². The Kier molecular flexibility index (Phi) is 10.5. The third-order valence-electron chi connectivity index (χ3n) is 5.34. The number of nitrogens with two attached hydrogens (primary N) is 1. The molecule has 1 atom stereocenters. The summed E-state index contributed by atoms with van der Waals surface area (Å²) in [5.41, 5.74) is 9.68. The lowest BCUT2D eigenvalue weighted by Gasteiger charge is -2.38. The number of aryl methyl sites for hydroxylation is 2. The first-order valence-corrected chi connectivity index (χ1v) is 9.51. The number of anilines is 1. The molecule has 3 N–H and O–H groups in total. The average Bonchev–Trinajstić information content (AvgIpc) is 2.62. The van der Waals surface area contributed by atoms with E-state index in [1.807, 2.05) is 6.07 Å². The van der Waals surface area contributed by atoms with Gasteiger partial charge in [0.15, 0.2) is 5.96 Å². The van der Waals surface area contributed by atoms with Crippen molar-refractivity contribution in [3.8, 4) is 0 Å². The minimum atomic E-state index is 0. The van der Waals surface area contributed by atoms with Crippen molar-refractivity contribution in [2.45, 2.75) is 46.6 Å². The van der Waals surface area contributed by atoms with E-state index < -0.39 is 0 Å². The molecule has 5 nitrogen and oxygen atoms in total. The SMILES string of the molecule is CCC(CC)C(CN=C(N)Nc1ccc(C)c(C)c1)N1CCOCC1.I. The number of aliphatic imine (C=N–C) groups is 1. The van der Waals surface area contributed by atoms with Crippen LogP contribution in [-0.4, -0.2) is 49.7 Å². The summed E-state index contributed by atoms with van der Waals surface area (Å²) in [5, 5.41) is 3.23. The minimum Gasteiger partial charge on any atom is -0.379 e. The summed E-state index contributed by atoms with van der Waals surface area (Å²) < 4.78 is 5.51. The molecule has 1 unspecified atom stereocenters. The molecule has 0 spiro atoms. The molecule has 1 aliphatic heterocycles. The van der Waals surface area contributed by atoms with Gasteiger partial charge in [0.1, 0.15) is 0 Å². The summed E-state index contributed by atoms with van der Waals surface area (Å²) in [4.78, 5) is 7.19. The largest absolute Gasteiger partial charge is 0.379 e. The highest BCUT2D eigenvalue weighted by Gasteiger charge is 2.26. The average molecular weight is 474 g/mol. The molecule has 26 heavy (non-hydrogen) atoms. The first-order valence-electron chi connectivity index (χ1n) is 9.51. The van der Waals surface area contributed by atoms with Gasteiger partial charge in [0.25, 0.3) is 0 Å². The number of hydrogen-bond acceptors (Lipinski definition) is 3. The number of nitrogens with zero attached hydrogens (tertiary/aromatic N) is 2. The molecule has 0 radical (unpaired) electrons. The number of benzene rings is 1. The van der Waals surface area contributed by atoms with Gasteiger partial charge in [-0.15, -0.1) is 24.0 Å². The molecule has 1 heterocycles. The topological polar surface area (TPSA) is 62.9 Å². The van der Waals surface area contributed by atoms with E-state index in [4.69, 9.17) is 10.5 Å². The molecule has 0 bridgehead atoms. The number of morpholine rings is 1. The zero-order chi connectivity index (χ0) is 18.2. The highest BCUT2D eigenvalue weighted by molar-refractivity contribution is 14.0. The van der Waals surface area contributed by atoms with Gasteiger partial charge in [-0.1, -0.05) is 32.8 Å². The minimum absolute atomic E-state index is 0. The lowest BCUT2D eigenvalue weighted by Crippen LogP contribution is -2.48. The van der Waals surface area contributed by atoms with E-state index in [2.05, 4.69) is 55.0 Å². The third-order valence-corrected chi connectivity index (χ3v) is 5.34. The molecule has 0 aliphatic carbocycles. The number of halogens is 1. The summed E-state index contributed by atoms with van der Waals surface area (Å²) in [6.07, 6.45) is 2.33.